The molecule has 0 radical (unpaired) electrons. The second-order valence-corrected chi connectivity index (χ2v) is 17.3. The molecule has 254 valence electrons. The average molecular weight is 623 g/mol. The summed E-state index contributed by atoms with van der Waals surface area (Å²) in [5, 5.41) is 65.0. The van der Waals surface area contributed by atoms with E-state index in [0.29, 0.717) is 18.3 Å². The molecule has 5 aliphatic rings. The molecule has 1 saturated heterocycles. The summed E-state index contributed by atoms with van der Waals surface area (Å²) in [6.45, 7) is 17.5. The van der Waals surface area contributed by atoms with E-state index in [9.17, 15) is 30.6 Å². The molecule has 0 aromatic heterocycles. The van der Waals surface area contributed by atoms with Crippen molar-refractivity contribution in [1.82, 2.24) is 0 Å². The van der Waals surface area contributed by atoms with Crippen molar-refractivity contribution < 1.29 is 40.1 Å². The van der Waals surface area contributed by atoms with Crippen LogP contribution < -0.4 is 0 Å². The van der Waals surface area contributed by atoms with Crippen LogP contribution in [0.1, 0.15) is 113 Å². The summed E-state index contributed by atoms with van der Waals surface area (Å²) in [6.07, 6.45) is 2.60. The Bertz CT molecular complexity index is 1070. The Kier molecular flexibility index (Phi) is 9.35. The second-order valence-electron chi connectivity index (χ2n) is 17.3. The zero-order valence-corrected chi connectivity index (χ0v) is 28.5. The molecule has 4 aliphatic carbocycles. The van der Waals surface area contributed by atoms with Crippen LogP contribution in [0.2, 0.25) is 0 Å². The third kappa shape index (κ3) is 5.17. The van der Waals surface area contributed by atoms with Crippen molar-refractivity contribution >= 4 is 0 Å². The first kappa shape index (κ1) is 34.7. The molecule has 5 fully saturated rings. The van der Waals surface area contributed by atoms with Crippen LogP contribution in [0.5, 0.6) is 0 Å². The number of allylic oxidation sites excluding steroid dienone is 2. The largest absolute Gasteiger partial charge is 0.394 e. The number of hydrogen-bond acceptors (Lipinski definition) is 8. The van der Waals surface area contributed by atoms with E-state index in [1.54, 1.807) is 0 Å². The van der Waals surface area contributed by atoms with Crippen molar-refractivity contribution in [3.05, 3.63) is 11.6 Å². The van der Waals surface area contributed by atoms with E-state index in [4.69, 9.17) is 9.47 Å². The maximum atomic E-state index is 12.2. The van der Waals surface area contributed by atoms with Crippen LogP contribution >= 0.6 is 0 Å². The van der Waals surface area contributed by atoms with E-state index >= 15 is 0 Å². The van der Waals surface area contributed by atoms with Gasteiger partial charge in [-0.2, -0.15) is 0 Å². The van der Waals surface area contributed by atoms with Gasteiger partial charge in [-0.15, -0.1) is 0 Å². The standard InChI is InChI=1S/C36H62O8/c1-20(2)10-9-14-36(8,44-31-30(42)29(41)28(40)23(19-37)43-31)21-11-16-35(7)27(21)22(38)18-25-33(5)15-13-26(39)32(3,4)24(33)12-17-34(25,35)6/h10,21-31,37-42H,9,11-19H2,1-8H3/t21-,22+,23?,24?,25?,26-,27?,28+,29?,30?,31-,33-,34+,35+,36-/m0/s1. The summed E-state index contributed by atoms with van der Waals surface area (Å²) in [5.41, 5.74) is 0.171. The minimum atomic E-state index is -1.50. The maximum absolute atomic E-state index is 12.2. The zero-order valence-electron chi connectivity index (χ0n) is 28.5. The molecule has 0 aromatic carbocycles. The SMILES string of the molecule is CC(C)=CCC[C@](C)(O[C@@H]1OC(CO)[C@@H](O)C(O)C1O)[C@H]1CC[C@]2(C)C1[C@H](O)CC1[C@@]3(C)CC[C@H](O)C(C)(C)C3CC[C@]12C. The summed E-state index contributed by atoms with van der Waals surface area (Å²) in [7, 11) is 0. The van der Waals surface area contributed by atoms with E-state index < -0.39 is 49.0 Å². The summed E-state index contributed by atoms with van der Waals surface area (Å²) in [6, 6.07) is 0. The highest BCUT2D eigenvalue weighted by Crippen LogP contribution is 2.76. The third-order valence-electron chi connectivity index (χ3n) is 14.6. The second kappa shape index (κ2) is 11.8. The predicted molar refractivity (Wildman–Crippen MR) is 168 cm³/mol. The maximum Gasteiger partial charge on any atom is 0.187 e. The summed E-state index contributed by atoms with van der Waals surface area (Å²) < 4.78 is 12.6. The number of rotatable bonds is 7. The molecule has 6 unspecified atom stereocenters. The molecular formula is C36H62O8. The Hall–Kier alpha value is -0.580. The summed E-state index contributed by atoms with van der Waals surface area (Å²) in [4.78, 5) is 0. The van der Waals surface area contributed by atoms with Crippen LogP contribution in [0.4, 0.5) is 0 Å². The molecule has 4 saturated carbocycles. The van der Waals surface area contributed by atoms with Crippen LogP contribution in [0.15, 0.2) is 11.6 Å². The molecule has 8 heteroatoms. The fourth-order valence-electron chi connectivity index (χ4n) is 11.8. The lowest BCUT2D eigenvalue weighted by molar-refractivity contribution is -0.336. The van der Waals surface area contributed by atoms with Gasteiger partial charge in [0.2, 0.25) is 0 Å². The highest BCUT2D eigenvalue weighted by Gasteiger charge is 2.71. The molecule has 0 amide bonds. The van der Waals surface area contributed by atoms with Crippen LogP contribution in [-0.2, 0) is 9.47 Å². The van der Waals surface area contributed by atoms with Crippen molar-refractivity contribution in [1.29, 1.82) is 0 Å². The van der Waals surface area contributed by atoms with Gasteiger partial charge in [0.1, 0.15) is 24.4 Å². The van der Waals surface area contributed by atoms with E-state index in [2.05, 4.69) is 61.5 Å². The number of aliphatic hydroxyl groups is 6. The van der Waals surface area contributed by atoms with Gasteiger partial charge in [-0.3, -0.25) is 0 Å². The van der Waals surface area contributed by atoms with Gasteiger partial charge in [0, 0.05) is 0 Å². The molecule has 0 spiro atoms. The van der Waals surface area contributed by atoms with Gasteiger partial charge >= 0.3 is 0 Å². The molecular weight excluding hydrogens is 560 g/mol. The van der Waals surface area contributed by atoms with Gasteiger partial charge in [-0.05, 0) is 124 Å². The monoisotopic (exact) mass is 622 g/mol. The Balaban J connectivity index is 1.49. The van der Waals surface area contributed by atoms with Gasteiger partial charge < -0.3 is 40.1 Å². The van der Waals surface area contributed by atoms with Crippen molar-refractivity contribution in [3.8, 4) is 0 Å². The lowest BCUT2D eigenvalue weighted by Crippen LogP contribution is -2.67. The molecule has 15 atom stereocenters. The van der Waals surface area contributed by atoms with Crippen molar-refractivity contribution in [3.63, 3.8) is 0 Å². The predicted octanol–water partition coefficient (Wildman–Crippen LogP) is 4.32. The molecule has 0 aromatic rings. The van der Waals surface area contributed by atoms with Crippen molar-refractivity contribution in [2.75, 3.05) is 6.61 Å². The number of aliphatic hydroxyl groups excluding tert-OH is 6. The zero-order chi connectivity index (χ0) is 32.6. The van der Waals surface area contributed by atoms with E-state index in [1.165, 1.54) is 5.57 Å². The van der Waals surface area contributed by atoms with Crippen LogP contribution in [0.25, 0.3) is 0 Å². The summed E-state index contributed by atoms with van der Waals surface area (Å²) >= 11 is 0. The molecule has 1 heterocycles. The van der Waals surface area contributed by atoms with Crippen LogP contribution in [-0.4, -0.2) is 85.8 Å². The molecule has 8 nitrogen and oxygen atoms in total. The molecule has 44 heavy (non-hydrogen) atoms. The minimum Gasteiger partial charge on any atom is -0.394 e. The number of fused-ring (bicyclic) bond motifs is 5. The first-order valence-corrected chi connectivity index (χ1v) is 17.3. The van der Waals surface area contributed by atoms with Crippen molar-refractivity contribution in [2.24, 2.45) is 45.3 Å². The highest BCUT2D eigenvalue weighted by atomic mass is 16.7. The topological polar surface area (TPSA) is 140 Å². The minimum absolute atomic E-state index is 0.0131. The average Bonchev–Trinajstić information content (AvgIpc) is 3.33. The number of ether oxygens (including phenoxy) is 2. The number of hydrogen-bond donors (Lipinski definition) is 6. The Morgan fingerprint density at radius 3 is 2.16 bits per heavy atom. The van der Waals surface area contributed by atoms with E-state index in [1.807, 2.05) is 0 Å². The van der Waals surface area contributed by atoms with Crippen molar-refractivity contribution in [2.45, 2.75) is 162 Å². The summed E-state index contributed by atoms with van der Waals surface area (Å²) in [5.74, 6) is 0.713. The third-order valence-corrected chi connectivity index (χ3v) is 14.6. The quantitative estimate of drug-likeness (QED) is 0.231. The first-order chi connectivity index (χ1) is 20.4. The normalized spacial score (nSPS) is 51.5. The smallest absolute Gasteiger partial charge is 0.187 e. The molecule has 1 aliphatic heterocycles. The van der Waals surface area contributed by atoms with Gasteiger partial charge in [0.25, 0.3) is 0 Å². The highest BCUT2D eigenvalue weighted by molar-refractivity contribution is 5.20. The first-order valence-electron chi connectivity index (χ1n) is 17.3. The van der Waals surface area contributed by atoms with Crippen LogP contribution in [0.3, 0.4) is 0 Å². The molecule has 6 N–H and O–H groups in total. The lowest BCUT2D eigenvalue weighted by atomic mass is 9.35. The Morgan fingerprint density at radius 1 is 0.864 bits per heavy atom. The Morgan fingerprint density at radius 2 is 1.52 bits per heavy atom. The molecule has 0 bridgehead atoms. The van der Waals surface area contributed by atoms with Gasteiger partial charge in [0.05, 0.1) is 24.4 Å². The fraction of sp³-hybridized carbons (Fsp3) is 0.944. The van der Waals surface area contributed by atoms with E-state index in [-0.39, 0.29) is 39.6 Å². The fourth-order valence-corrected chi connectivity index (χ4v) is 11.8. The molecule has 5 rings (SSSR count). The lowest BCUT2D eigenvalue weighted by Gasteiger charge is -2.70. The van der Waals surface area contributed by atoms with Gasteiger partial charge in [-0.25, -0.2) is 0 Å². The van der Waals surface area contributed by atoms with Crippen LogP contribution in [0, 0.1) is 45.3 Å². The van der Waals surface area contributed by atoms with Gasteiger partial charge in [0.15, 0.2) is 6.29 Å². The van der Waals surface area contributed by atoms with E-state index in [0.717, 1.165) is 51.4 Å². The Labute approximate surface area is 265 Å². The van der Waals surface area contributed by atoms with Gasteiger partial charge in [-0.1, -0.05) is 46.3 Å².